The molecule has 4 aromatic rings. The van der Waals surface area contributed by atoms with Crippen LogP contribution in [0.4, 0.5) is 16.5 Å². The van der Waals surface area contributed by atoms with Gasteiger partial charge in [-0.3, -0.25) is 5.10 Å². The highest BCUT2D eigenvalue weighted by molar-refractivity contribution is 7.14. The molecule has 0 fully saturated rings. The summed E-state index contributed by atoms with van der Waals surface area (Å²) in [6.45, 7) is 0. The van der Waals surface area contributed by atoms with E-state index >= 15 is 0 Å². The molecule has 0 aliphatic carbocycles. The van der Waals surface area contributed by atoms with E-state index in [1.54, 1.807) is 11.3 Å². The highest BCUT2D eigenvalue weighted by Gasteiger charge is 2.08. The summed E-state index contributed by atoms with van der Waals surface area (Å²) in [5.41, 5.74) is 5.29. The van der Waals surface area contributed by atoms with Gasteiger partial charge in [-0.15, -0.1) is 11.3 Å². The summed E-state index contributed by atoms with van der Waals surface area (Å²) in [7, 11) is 4.08. The van der Waals surface area contributed by atoms with E-state index in [2.05, 4.69) is 50.1 Å². The van der Waals surface area contributed by atoms with Crippen LogP contribution in [-0.4, -0.2) is 29.3 Å². The molecule has 0 saturated carbocycles. The number of nitrogens with one attached hydrogen (secondary N) is 2. The van der Waals surface area contributed by atoms with Crippen LogP contribution in [0.15, 0.2) is 54.0 Å². The first-order chi connectivity index (χ1) is 11.7. The van der Waals surface area contributed by atoms with Crippen LogP contribution in [0.5, 0.6) is 0 Å². The molecule has 0 bridgehead atoms. The maximum Gasteiger partial charge on any atom is 0.187 e. The molecule has 2 aromatic heterocycles. The van der Waals surface area contributed by atoms with E-state index < -0.39 is 0 Å². The topological polar surface area (TPSA) is 56.8 Å². The van der Waals surface area contributed by atoms with Crippen LogP contribution in [-0.2, 0) is 0 Å². The van der Waals surface area contributed by atoms with Crippen LogP contribution in [0.3, 0.4) is 0 Å². The summed E-state index contributed by atoms with van der Waals surface area (Å²) >= 11 is 1.60. The number of aromatic amines is 1. The average molecular weight is 335 g/mol. The Morgan fingerprint density at radius 3 is 2.71 bits per heavy atom. The molecule has 120 valence electrons. The zero-order valence-electron chi connectivity index (χ0n) is 13.4. The summed E-state index contributed by atoms with van der Waals surface area (Å²) in [4.78, 5) is 6.79. The number of hydrogen-bond acceptors (Lipinski definition) is 5. The Hall–Kier alpha value is -2.86. The van der Waals surface area contributed by atoms with Crippen molar-refractivity contribution in [3.8, 4) is 11.3 Å². The number of hydrogen-bond donors (Lipinski definition) is 2. The minimum Gasteiger partial charge on any atom is -0.378 e. The van der Waals surface area contributed by atoms with Gasteiger partial charge in [0, 0.05) is 36.1 Å². The zero-order valence-corrected chi connectivity index (χ0v) is 14.3. The number of fused-ring (bicyclic) bond motifs is 1. The molecule has 2 N–H and O–H groups in total. The molecule has 24 heavy (non-hydrogen) atoms. The van der Waals surface area contributed by atoms with Crippen molar-refractivity contribution in [1.82, 2.24) is 15.2 Å². The lowest BCUT2D eigenvalue weighted by Gasteiger charge is -2.12. The summed E-state index contributed by atoms with van der Waals surface area (Å²) in [5.74, 6) is 0. The van der Waals surface area contributed by atoms with Gasteiger partial charge in [0.15, 0.2) is 5.13 Å². The normalized spacial score (nSPS) is 10.9. The number of anilines is 3. The standard InChI is InChI=1S/C18H17N5S/c1-23(2)13-8-6-12(7-9-13)17-11-24-18(21-17)20-15-4-3-5-16-14(15)10-19-22-16/h3-11H,1-2H3,(H,19,22)(H,20,21). The fourth-order valence-corrected chi connectivity index (χ4v) is 3.32. The van der Waals surface area contributed by atoms with E-state index in [-0.39, 0.29) is 0 Å². The molecular weight excluding hydrogens is 318 g/mol. The monoisotopic (exact) mass is 335 g/mol. The highest BCUT2D eigenvalue weighted by atomic mass is 32.1. The quantitative estimate of drug-likeness (QED) is 0.577. The Bertz CT molecular complexity index is 968. The maximum absolute atomic E-state index is 4.70. The van der Waals surface area contributed by atoms with Crippen molar-refractivity contribution in [1.29, 1.82) is 0 Å². The predicted molar refractivity (Wildman–Crippen MR) is 101 cm³/mol. The first-order valence-electron chi connectivity index (χ1n) is 7.63. The zero-order chi connectivity index (χ0) is 16.5. The average Bonchev–Trinajstić information content (AvgIpc) is 3.24. The van der Waals surface area contributed by atoms with Gasteiger partial charge < -0.3 is 10.2 Å². The molecule has 0 aliphatic heterocycles. The van der Waals surface area contributed by atoms with Crippen LogP contribution in [0.1, 0.15) is 0 Å². The highest BCUT2D eigenvalue weighted by Crippen LogP contribution is 2.30. The van der Waals surface area contributed by atoms with Crippen molar-refractivity contribution in [2.24, 2.45) is 0 Å². The Morgan fingerprint density at radius 2 is 1.92 bits per heavy atom. The Morgan fingerprint density at radius 1 is 1.08 bits per heavy atom. The third-order valence-corrected chi connectivity index (χ3v) is 4.67. The lowest BCUT2D eigenvalue weighted by atomic mass is 10.1. The van der Waals surface area contributed by atoms with Crippen molar-refractivity contribution in [3.63, 3.8) is 0 Å². The molecule has 4 rings (SSSR count). The number of nitrogens with zero attached hydrogens (tertiary/aromatic N) is 3. The molecule has 0 saturated heterocycles. The van der Waals surface area contributed by atoms with Gasteiger partial charge in [0.25, 0.3) is 0 Å². The number of rotatable bonds is 4. The van der Waals surface area contributed by atoms with E-state index in [0.29, 0.717) is 0 Å². The summed E-state index contributed by atoms with van der Waals surface area (Å²) < 4.78 is 0. The number of aromatic nitrogens is 3. The van der Waals surface area contributed by atoms with Gasteiger partial charge >= 0.3 is 0 Å². The van der Waals surface area contributed by atoms with Gasteiger partial charge in [-0.1, -0.05) is 18.2 Å². The molecule has 0 atom stereocenters. The lowest BCUT2D eigenvalue weighted by molar-refractivity contribution is 1.12. The predicted octanol–water partition coefficient (Wildman–Crippen LogP) is 4.50. The van der Waals surface area contributed by atoms with E-state index in [0.717, 1.165) is 33.0 Å². The Labute approximate surface area is 144 Å². The number of thiazole rings is 1. The smallest absolute Gasteiger partial charge is 0.187 e. The van der Waals surface area contributed by atoms with Gasteiger partial charge in [-0.25, -0.2) is 4.98 Å². The minimum atomic E-state index is 0.871. The fraction of sp³-hybridized carbons (Fsp3) is 0.111. The fourth-order valence-electron chi connectivity index (χ4n) is 2.59. The molecule has 0 spiro atoms. The largest absolute Gasteiger partial charge is 0.378 e. The van der Waals surface area contributed by atoms with E-state index in [9.17, 15) is 0 Å². The van der Waals surface area contributed by atoms with Gasteiger partial charge in [0.05, 0.1) is 23.1 Å². The second kappa shape index (κ2) is 5.98. The Kier molecular flexibility index (Phi) is 3.66. The summed E-state index contributed by atoms with van der Waals surface area (Å²) in [5, 5.41) is 14.5. The van der Waals surface area contributed by atoms with Crippen molar-refractivity contribution >= 4 is 38.7 Å². The molecule has 0 unspecified atom stereocenters. The van der Waals surface area contributed by atoms with Crippen molar-refractivity contribution in [2.75, 3.05) is 24.3 Å². The van der Waals surface area contributed by atoms with Crippen molar-refractivity contribution in [2.45, 2.75) is 0 Å². The van der Waals surface area contributed by atoms with Gasteiger partial charge in [0.1, 0.15) is 0 Å². The number of benzene rings is 2. The van der Waals surface area contributed by atoms with Gasteiger partial charge in [0.2, 0.25) is 0 Å². The first kappa shape index (κ1) is 14.7. The third-order valence-electron chi connectivity index (χ3n) is 3.91. The van der Waals surface area contributed by atoms with E-state index in [1.807, 2.05) is 38.5 Å². The summed E-state index contributed by atoms with van der Waals surface area (Å²) in [6.07, 6.45) is 1.83. The number of H-pyrrole nitrogens is 1. The molecular formula is C18H17N5S. The summed E-state index contributed by atoms with van der Waals surface area (Å²) in [6, 6.07) is 14.5. The van der Waals surface area contributed by atoms with Crippen LogP contribution < -0.4 is 10.2 Å². The molecule has 2 aromatic carbocycles. The van der Waals surface area contributed by atoms with Crippen LogP contribution in [0.2, 0.25) is 0 Å². The second-order valence-electron chi connectivity index (χ2n) is 5.74. The van der Waals surface area contributed by atoms with E-state index in [4.69, 9.17) is 4.98 Å². The molecule has 0 amide bonds. The van der Waals surface area contributed by atoms with Crippen LogP contribution >= 0.6 is 11.3 Å². The van der Waals surface area contributed by atoms with Gasteiger partial charge in [-0.2, -0.15) is 5.10 Å². The van der Waals surface area contributed by atoms with Crippen molar-refractivity contribution < 1.29 is 0 Å². The van der Waals surface area contributed by atoms with Gasteiger partial charge in [-0.05, 0) is 24.3 Å². The molecule has 0 radical (unpaired) electrons. The van der Waals surface area contributed by atoms with Crippen molar-refractivity contribution in [3.05, 3.63) is 54.0 Å². The van der Waals surface area contributed by atoms with E-state index in [1.165, 1.54) is 5.69 Å². The minimum absolute atomic E-state index is 0.871. The maximum atomic E-state index is 4.70. The SMILES string of the molecule is CN(C)c1ccc(-c2csc(Nc3cccc4[nH]ncc34)n2)cc1. The second-order valence-corrected chi connectivity index (χ2v) is 6.60. The van der Waals surface area contributed by atoms with Crippen LogP contribution in [0, 0.1) is 0 Å². The first-order valence-corrected chi connectivity index (χ1v) is 8.51. The molecule has 2 heterocycles. The van der Waals surface area contributed by atoms with Crippen LogP contribution in [0.25, 0.3) is 22.2 Å². The molecule has 6 heteroatoms. The molecule has 5 nitrogen and oxygen atoms in total. The third kappa shape index (κ3) is 2.72. The molecule has 0 aliphatic rings. The Balaban J connectivity index is 1.59. The lowest BCUT2D eigenvalue weighted by Crippen LogP contribution is -2.07.